The van der Waals surface area contributed by atoms with Crippen LogP contribution in [0.2, 0.25) is 0 Å². The van der Waals surface area contributed by atoms with Crippen LogP contribution < -0.4 is 0 Å². The lowest BCUT2D eigenvalue weighted by Crippen LogP contribution is -2.46. The maximum Gasteiger partial charge on any atom is 0.230 e. The minimum Gasteiger partial charge on any atom is -0.341 e. The topological polar surface area (TPSA) is 35.5 Å². The molecule has 3 atom stereocenters. The third-order valence-electron chi connectivity index (χ3n) is 3.23. The zero-order valence-electron chi connectivity index (χ0n) is 9.37. The molecule has 2 bridgehead atoms. The van der Waals surface area contributed by atoms with Crippen molar-refractivity contribution in [3.05, 3.63) is 35.9 Å². The number of carbonyl (C=O) groups is 1. The summed E-state index contributed by atoms with van der Waals surface area (Å²) in [7, 11) is 0. The van der Waals surface area contributed by atoms with Gasteiger partial charge in [-0.1, -0.05) is 30.3 Å². The van der Waals surface area contributed by atoms with Crippen LogP contribution in [-0.4, -0.2) is 23.9 Å². The normalized spacial score (nSPS) is 32.5. The van der Waals surface area contributed by atoms with E-state index in [1.165, 1.54) is 17.6 Å². The quantitative estimate of drug-likeness (QED) is 0.754. The van der Waals surface area contributed by atoms with Crippen molar-refractivity contribution in [3.8, 4) is 0 Å². The first-order valence-corrected chi connectivity index (χ1v) is 6.75. The summed E-state index contributed by atoms with van der Waals surface area (Å²) in [4.78, 5) is 12.1. The van der Waals surface area contributed by atoms with Crippen molar-refractivity contribution < 1.29 is 13.7 Å². The first-order valence-electron chi connectivity index (χ1n) is 5.84. The lowest BCUT2D eigenvalue weighted by atomic mass is 9.88. The van der Waals surface area contributed by atoms with Gasteiger partial charge in [-0.25, -0.2) is 0 Å². The molecule has 2 heterocycles. The molecule has 3 nitrogen and oxygen atoms in total. The molecule has 1 aromatic rings. The third-order valence-corrected chi connectivity index (χ3v) is 4.05. The van der Waals surface area contributed by atoms with E-state index in [9.17, 15) is 4.79 Å². The Balaban J connectivity index is 1.73. The number of hydrogen-bond donors (Lipinski definition) is 0. The molecule has 0 saturated carbocycles. The molecule has 0 aromatic heterocycles. The Morgan fingerprint density at radius 3 is 2.94 bits per heavy atom. The van der Waals surface area contributed by atoms with Gasteiger partial charge in [0.1, 0.15) is 0 Å². The smallest absolute Gasteiger partial charge is 0.230 e. The van der Waals surface area contributed by atoms with Crippen molar-refractivity contribution in [2.75, 3.05) is 5.75 Å². The van der Waals surface area contributed by atoms with Gasteiger partial charge in [0.2, 0.25) is 6.29 Å². The molecule has 2 aliphatic rings. The van der Waals surface area contributed by atoms with E-state index in [0.717, 1.165) is 18.6 Å². The van der Waals surface area contributed by atoms with Crippen molar-refractivity contribution in [3.63, 3.8) is 0 Å². The van der Waals surface area contributed by atoms with Crippen molar-refractivity contribution in [2.45, 2.75) is 25.2 Å². The summed E-state index contributed by atoms with van der Waals surface area (Å²) in [5.41, 5.74) is 1.21. The van der Waals surface area contributed by atoms with E-state index in [0.29, 0.717) is 0 Å². The second kappa shape index (κ2) is 4.80. The highest BCUT2D eigenvalue weighted by atomic mass is 32.2. The fraction of sp³-hybridized carbons (Fsp3) is 0.462. The van der Waals surface area contributed by atoms with Gasteiger partial charge in [-0.15, -0.1) is 0 Å². The van der Waals surface area contributed by atoms with Crippen LogP contribution in [0.25, 0.3) is 0 Å². The number of ketones is 1. The first kappa shape index (κ1) is 11.3. The molecule has 3 rings (SSSR count). The highest BCUT2D eigenvalue weighted by Crippen LogP contribution is 2.33. The van der Waals surface area contributed by atoms with Gasteiger partial charge >= 0.3 is 0 Å². The minimum atomic E-state index is -0.638. The summed E-state index contributed by atoms with van der Waals surface area (Å²) in [6.45, 7) is 0. The van der Waals surface area contributed by atoms with Crippen molar-refractivity contribution in [1.82, 2.24) is 0 Å². The van der Waals surface area contributed by atoms with Crippen LogP contribution in [0, 0.1) is 5.92 Å². The standard InChI is InChI=1S/C13H14O3S/c14-12-10(6-9-4-2-1-3-5-9)7-11-8-17-16-13(12)15-11/h1-5,10-11,13H,6-8H2/t10?,11-,13-/m0/s1. The fourth-order valence-electron chi connectivity index (χ4n) is 2.36. The molecule has 0 amide bonds. The Labute approximate surface area is 105 Å². The van der Waals surface area contributed by atoms with Crippen molar-refractivity contribution in [1.29, 1.82) is 0 Å². The molecule has 4 heteroatoms. The molecular weight excluding hydrogens is 236 g/mol. The lowest BCUT2D eigenvalue weighted by Gasteiger charge is -2.36. The number of hydrogen-bond acceptors (Lipinski definition) is 4. The summed E-state index contributed by atoms with van der Waals surface area (Å²) < 4.78 is 10.8. The van der Waals surface area contributed by atoms with Gasteiger partial charge in [0, 0.05) is 11.7 Å². The van der Waals surface area contributed by atoms with E-state index >= 15 is 0 Å². The van der Waals surface area contributed by atoms with E-state index in [4.69, 9.17) is 8.92 Å². The van der Waals surface area contributed by atoms with Gasteiger partial charge in [0.15, 0.2) is 5.78 Å². The molecule has 2 fully saturated rings. The zero-order chi connectivity index (χ0) is 11.7. The Morgan fingerprint density at radius 2 is 2.12 bits per heavy atom. The minimum absolute atomic E-state index is 0.0436. The Morgan fingerprint density at radius 1 is 1.29 bits per heavy atom. The highest BCUT2D eigenvalue weighted by Gasteiger charge is 2.40. The molecule has 2 aliphatic heterocycles. The summed E-state index contributed by atoms with van der Waals surface area (Å²) >= 11 is 1.35. The van der Waals surface area contributed by atoms with Gasteiger partial charge in [-0.3, -0.25) is 8.98 Å². The van der Waals surface area contributed by atoms with E-state index in [1.54, 1.807) is 0 Å². The fourth-order valence-corrected chi connectivity index (χ4v) is 3.07. The summed E-state index contributed by atoms with van der Waals surface area (Å²) in [5.74, 6) is 0.967. The Hall–Kier alpha value is -0.840. The molecule has 0 spiro atoms. The van der Waals surface area contributed by atoms with Crippen molar-refractivity contribution >= 4 is 17.8 Å². The van der Waals surface area contributed by atoms with Crippen LogP contribution in [-0.2, 0) is 20.1 Å². The van der Waals surface area contributed by atoms with E-state index in [2.05, 4.69) is 12.1 Å². The number of carbonyl (C=O) groups excluding carboxylic acids is 1. The number of benzene rings is 1. The van der Waals surface area contributed by atoms with Gasteiger partial charge in [0.05, 0.1) is 6.10 Å². The summed E-state index contributed by atoms with van der Waals surface area (Å²) in [6.07, 6.45) is 1.15. The van der Waals surface area contributed by atoms with Gasteiger partial charge in [-0.05, 0) is 30.4 Å². The lowest BCUT2D eigenvalue weighted by molar-refractivity contribution is -0.179. The molecular formula is C13H14O3S. The largest absolute Gasteiger partial charge is 0.341 e. The van der Waals surface area contributed by atoms with E-state index < -0.39 is 6.29 Å². The molecule has 2 saturated heterocycles. The van der Waals surface area contributed by atoms with Crippen molar-refractivity contribution in [2.24, 2.45) is 5.92 Å². The van der Waals surface area contributed by atoms with Crippen LogP contribution in [0.1, 0.15) is 12.0 Å². The van der Waals surface area contributed by atoms with Crippen LogP contribution in [0.3, 0.4) is 0 Å². The first-order chi connectivity index (χ1) is 8.33. The molecule has 0 radical (unpaired) electrons. The van der Waals surface area contributed by atoms with Gasteiger partial charge < -0.3 is 4.74 Å². The summed E-state index contributed by atoms with van der Waals surface area (Å²) in [6, 6.07) is 10.1. The van der Waals surface area contributed by atoms with Crippen LogP contribution in [0.4, 0.5) is 0 Å². The number of rotatable bonds is 2. The summed E-state index contributed by atoms with van der Waals surface area (Å²) in [5, 5.41) is 0. The molecule has 0 aliphatic carbocycles. The second-order valence-electron chi connectivity index (χ2n) is 4.50. The molecule has 1 unspecified atom stereocenters. The van der Waals surface area contributed by atoms with Crippen LogP contribution >= 0.6 is 12.0 Å². The number of Topliss-reactive ketones (excluding diaryl/α,β-unsaturated/α-hetero) is 1. The average Bonchev–Trinajstić information content (AvgIpc) is 2.37. The van der Waals surface area contributed by atoms with E-state index in [1.807, 2.05) is 18.2 Å². The monoisotopic (exact) mass is 250 g/mol. The van der Waals surface area contributed by atoms with Crippen LogP contribution in [0.5, 0.6) is 0 Å². The molecule has 90 valence electrons. The number of ether oxygens (including phenoxy) is 1. The molecule has 0 N–H and O–H groups in total. The third kappa shape index (κ3) is 2.39. The maximum absolute atomic E-state index is 12.1. The highest BCUT2D eigenvalue weighted by molar-refractivity contribution is 7.94. The Kier molecular flexibility index (Phi) is 3.18. The predicted molar refractivity (Wildman–Crippen MR) is 65.5 cm³/mol. The van der Waals surface area contributed by atoms with Gasteiger partial charge in [-0.2, -0.15) is 0 Å². The number of fused-ring (bicyclic) bond motifs is 2. The van der Waals surface area contributed by atoms with Gasteiger partial charge in [0.25, 0.3) is 0 Å². The second-order valence-corrected chi connectivity index (χ2v) is 5.26. The maximum atomic E-state index is 12.1. The average molecular weight is 250 g/mol. The predicted octanol–water partition coefficient (Wildman–Crippen LogP) is 2.21. The Bertz CT molecular complexity index is 406. The SMILES string of the molecule is O=C1C(Cc2ccccc2)C[C@H]2CSO[C@@H]1O2. The van der Waals surface area contributed by atoms with E-state index in [-0.39, 0.29) is 17.8 Å². The molecule has 17 heavy (non-hydrogen) atoms. The zero-order valence-corrected chi connectivity index (χ0v) is 10.2. The molecule has 1 aromatic carbocycles. The van der Waals surface area contributed by atoms with Crippen LogP contribution in [0.15, 0.2) is 30.3 Å².